The summed E-state index contributed by atoms with van der Waals surface area (Å²) in [5, 5.41) is 5.81. The van der Waals surface area contributed by atoms with E-state index in [0.717, 1.165) is 19.5 Å². The van der Waals surface area contributed by atoms with Crippen LogP contribution in [0.2, 0.25) is 0 Å². The molecule has 1 unspecified atom stereocenters. The van der Waals surface area contributed by atoms with Crippen molar-refractivity contribution in [2.75, 3.05) is 19.6 Å². The van der Waals surface area contributed by atoms with Crippen LogP contribution in [0, 0.1) is 5.92 Å². The van der Waals surface area contributed by atoms with Crippen molar-refractivity contribution in [1.29, 1.82) is 0 Å². The molecule has 0 saturated carbocycles. The molecule has 1 heterocycles. The Morgan fingerprint density at radius 1 is 1.29 bits per heavy atom. The molecule has 0 bridgehead atoms. The summed E-state index contributed by atoms with van der Waals surface area (Å²) in [5.74, 6) is 0.477. The molecule has 1 aliphatic heterocycles. The van der Waals surface area contributed by atoms with Crippen LogP contribution < -0.4 is 10.6 Å². The van der Waals surface area contributed by atoms with Crippen molar-refractivity contribution in [2.24, 2.45) is 5.92 Å². The van der Waals surface area contributed by atoms with Crippen LogP contribution in [0.3, 0.4) is 0 Å². The lowest BCUT2D eigenvalue weighted by molar-refractivity contribution is 0.0950. The van der Waals surface area contributed by atoms with Gasteiger partial charge in [0.25, 0.3) is 5.91 Å². The van der Waals surface area contributed by atoms with Crippen molar-refractivity contribution < 1.29 is 13.2 Å². The first-order chi connectivity index (χ1) is 10.9. The molecule has 1 aliphatic rings. The lowest BCUT2D eigenvalue weighted by atomic mass is 9.96. The molecule has 136 valence electrons. The Morgan fingerprint density at radius 3 is 2.50 bits per heavy atom. The van der Waals surface area contributed by atoms with Gasteiger partial charge in [-0.2, -0.15) is 0 Å². The summed E-state index contributed by atoms with van der Waals surface area (Å²) in [7, 11) is -3.29. The summed E-state index contributed by atoms with van der Waals surface area (Å²) in [4.78, 5) is 12.4. The van der Waals surface area contributed by atoms with Gasteiger partial charge in [-0.3, -0.25) is 4.79 Å². The molecule has 1 aromatic carbocycles. The molecule has 0 radical (unpaired) electrons. The second kappa shape index (κ2) is 9.39. The van der Waals surface area contributed by atoms with E-state index in [1.165, 1.54) is 25.0 Å². The Hall–Kier alpha value is -1.11. The zero-order chi connectivity index (χ0) is 16.9. The minimum Gasteiger partial charge on any atom is -0.352 e. The van der Waals surface area contributed by atoms with E-state index in [1.54, 1.807) is 26.0 Å². The largest absolute Gasteiger partial charge is 0.352 e. The third-order valence-electron chi connectivity index (χ3n) is 4.30. The highest BCUT2D eigenvalue weighted by molar-refractivity contribution is 7.92. The first kappa shape index (κ1) is 20.9. The van der Waals surface area contributed by atoms with Crippen molar-refractivity contribution in [3.05, 3.63) is 29.8 Å². The number of hydrogen-bond donors (Lipinski definition) is 2. The van der Waals surface area contributed by atoms with Crippen molar-refractivity contribution in [1.82, 2.24) is 10.6 Å². The average Bonchev–Trinajstić information content (AvgIpc) is 2.55. The second-order valence-electron chi connectivity index (χ2n) is 6.38. The van der Waals surface area contributed by atoms with Gasteiger partial charge in [0.05, 0.1) is 10.1 Å². The van der Waals surface area contributed by atoms with Crippen molar-refractivity contribution in [3.8, 4) is 0 Å². The SMILES string of the molecule is CC(C)S(=O)(=O)c1ccc(C(=O)NCCC2CCCNC2)cc1.Cl. The van der Waals surface area contributed by atoms with Gasteiger partial charge in [-0.1, -0.05) is 0 Å². The minimum atomic E-state index is -3.29. The highest BCUT2D eigenvalue weighted by Crippen LogP contribution is 2.17. The summed E-state index contributed by atoms with van der Waals surface area (Å²) in [5.41, 5.74) is 0.495. The summed E-state index contributed by atoms with van der Waals surface area (Å²) in [6, 6.07) is 6.17. The molecule has 24 heavy (non-hydrogen) atoms. The van der Waals surface area contributed by atoms with E-state index < -0.39 is 15.1 Å². The van der Waals surface area contributed by atoms with Crippen molar-refractivity contribution in [2.45, 2.75) is 43.3 Å². The average molecular weight is 375 g/mol. The standard InChI is InChI=1S/C17H26N2O3S.ClH/c1-13(2)23(21,22)16-7-5-15(6-8-16)17(20)19-11-9-14-4-3-10-18-12-14;/h5-8,13-14,18H,3-4,9-12H2,1-2H3,(H,19,20);1H. The normalized spacial score (nSPS) is 18.0. The maximum Gasteiger partial charge on any atom is 0.251 e. The highest BCUT2D eigenvalue weighted by atomic mass is 35.5. The maximum absolute atomic E-state index is 12.1. The number of nitrogens with one attached hydrogen (secondary N) is 2. The van der Waals surface area contributed by atoms with Gasteiger partial charge in [-0.25, -0.2) is 8.42 Å². The lowest BCUT2D eigenvalue weighted by Crippen LogP contribution is -2.33. The van der Waals surface area contributed by atoms with E-state index in [0.29, 0.717) is 18.0 Å². The molecule has 1 saturated heterocycles. The summed E-state index contributed by atoms with van der Waals surface area (Å²) in [6.07, 6.45) is 3.38. The zero-order valence-electron chi connectivity index (χ0n) is 14.2. The Labute approximate surface area is 150 Å². The molecule has 1 aromatic rings. The molecule has 0 aromatic heterocycles. The lowest BCUT2D eigenvalue weighted by Gasteiger charge is -2.22. The molecule has 0 spiro atoms. The fraction of sp³-hybridized carbons (Fsp3) is 0.588. The Morgan fingerprint density at radius 2 is 1.96 bits per heavy atom. The minimum absolute atomic E-state index is 0. The molecule has 1 fully saturated rings. The van der Waals surface area contributed by atoms with Crippen LogP contribution in [0.1, 0.15) is 43.5 Å². The van der Waals surface area contributed by atoms with Crippen LogP contribution in [0.5, 0.6) is 0 Å². The van der Waals surface area contributed by atoms with E-state index >= 15 is 0 Å². The number of carbonyl (C=O) groups is 1. The van der Waals surface area contributed by atoms with Gasteiger partial charge in [-0.15, -0.1) is 12.4 Å². The summed E-state index contributed by atoms with van der Waals surface area (Å²) in [6.45, 7) is 6.06. The Balaban J connectivity index is 0.00000288. The van der Waals surface area contributed by atoms with Crippen LogP contribution in [-0.2, 0) is 9.84 Å². The van der Waals surface area contributed by atoms with E-state index in [9.17, 15) is 13.2 Å². The smallest absolute Gasteiger partial charge is 0.251 e. The van der Waals surface area contributed by atoms with Gasteiger partial charge in [0, 0.05) is 12.1 Å². The molecule has 0 aliphatic carbocycles. The molecular weight excluding hydrogens is 348 g/mol. The number of sulfone groups is 1. The first-order valence-electron chi connectivity index (χ1n) is 8.24. The molecular formula is C17H27ClN2O3S. The zero-order valence-corrected chi connectivity index (χ0v) is 15.9. The van der Waals surface area contributed by atoms with Gasteiger partial charge in [-0.05, 0) is 76.4 Å². The van der Waals surface area contributed by atoms with Gasteiger partial charge in [0.2, 0.25) is 0 Å². The van der Waals surface area contributed by atoms with Crippen LogP contribution in [-0.4, -0.2) is 39.2 Å². The maximum atomic E-state index is 12.1. The number of amides is 1. The third kappa shape index (κ3) is 5.46. The predicted octanol–water partition coefficient (Wildman–Crippen LogP) is 2.41. The summed E-state index contributed by atoms with van der Waals surface area (Å²) >= 11 is 0. The Kier molecular flexibility index (Phi) is 8.19. The number of rotatable bonds is 6. The van der Waals surface area contributed by atoms with Gasteiger partial charge < -0.3 is 10.6 Å². The number of halogens is 1. The molecule has 5 nitrogen and oxygen atoms in total. The van der Waals surface area contributed by atoms with Crippen molar-refractivity contribution >= 4 is 28.2 Å². The van der Waals surface area contributed by atoms with E-state index in [1.807, 2.05) is 0 Å². The summed E-state index contributed by atoms with van der Waals surface area (Å²) < 4.78 is 24.1. The molecule has 1 atom stereocenters. The number of carbonyl (C=O) groups excluding carboxylic acids is 1. The molecule has 1 amide bonds. The third-order valence-corrected chi connectivity index (χ3v) is 6.47. The number of hydrogen-bond acceptors (Lipinski definition) is 4. The molecule has 2 N–H and O–H groups in total. The highest BCUT2D eigenvalue weighted by Gasteiger charge is 2.19. The second-order valence-corrected chi connectivity index (χ2v) is 8.88. The van der Waals surface area contributed by atoms with E-state index in [-0.39, 0.29) is 23.2 Å². The van der Waals surface area contributed by atoms with Gasteiger partial charge >= 0.3 is 0 Å². The van der Waals surface area contributed by atoms with E-state index in [4.69, 9.17) is 0 Å². The van der Waals surface area contributed by atoms with Crippen LogP contribution in [0.4, 0.5) is 0 Å². The van der Waals surface area contributed by atoms with Gasteiger partial charge in [0.1, 0.15) is 0 Å². The fourth-order valence-electron chi connectivity index (χ4n) is 2.73. The predicted molar refractivity (Wildman–Crippen MR) is 98.6 cm³/mol. The van der Waals surface area contributed by atoms with Crippen LogP contribution >= 0.6 is 12.4 Å². The Bertz CT molecular complexity index is 624. The van der Waals surface area contributed by atoms with E-state index in [2.05, 4.69) is 10.6 Å². The topological polar surface area (TPSA) is 75.3 Å². The first-order valence-corrected chi connectivity index (χ1v) is 9.79. The fourth-order valence-corrected chi connectivity index (χ4v) is 3.79. The monoisotopic (exact) mass is 374 g/mol. The molecule has 2 rings (SSSR count). The molecule has 7 heteroatoms. The number of benzene rings is 1. The number of piperidine rings is 1. The van der Waals surface area contributed by atoms with Crippen molar-refractivity contribution in [3.63, 3.8) is 0 Å². The van der Waals surface area contributed by atoms with Crippen LogP contribution in [0.15, 0.2) is 29.2 Å². The van der Waals surface area contributed by atoms with Gasteiger partial charge in [0.15, 0.2) is 9.84 Å². The quantitative estimate of drug-likeness (QED) is 0.801. The van der Waals surface area contributed by atoms with Crippen LogP contribution in [0.25, 0.3) is 0 Å².